The summed E-state index contributed by atoms with van der Waals surface area (Å²) in [6.45, 7) is -1.26. The first-order valence-electron chi connectivity index (χ1n) is 9.92. The van der Waals surface area contributed by atoms with Gasteiger partial charge in [0.05, 0.1) is 13.2 Å². The Morgan fingerprint density at radius 1 is 0.971 bits per heavy atom. The van der Waals surface area contributed by atoms with Crippen molar-refractivity contribution in [3.8, 4) is 0 Å². The van der Waals surface area contributed by atoms with Gasteiger partial charge in [0, 0.05) is 6.20 Å². The molecule has 2 saturated heterocycles. The molecule has 4 heterocycles. The van der Waals surface area contributed by atoms with Crippen molar-refractivity contribution >= 4 is 11.8 Å². The molecule has 2 aromatic heterocycles. The van der Waals surface area contributed by atoms with Crippen molar-refractivity contribution in [1.82, 2.24) is 24.1 Å². The van der Waals surface area contributed by atoms with Crippen LogP contribution < -0.4 is 22.8 Å². The molecule has 0 saturated carbocycles. The van der Waals surface area contributed by atoms with Crippen LogP contribution in [-0.2, 0) is 9.47 Å². The lowest BCUT2D eigenvalue weighted by Gasteiger charge is -2.20. The second kappa shape index (κ2) is 10.2. The first-order valence-corrected chi connectivity index (χ1v) is 9.92. The van der Waals surface area contributed by atoms with E-state index in [0.29, 0.717) is 4.57 Å². The highest BCUT2D eigenvalue weighted by atomic mass is 19.3. The first kappa shape index (κ1) is 26.5. The van der Waals surface area contributed by atoms with E-state index in [1.54, 1.807) is 0 Å². The predicted molar refractivity (Wildman–Crippen MR) is 109 cm³/mol. The number of rotatable bonds is 4. The molecule has 0 aromatic carbocycles. The molecule has 7 atom stereocenters. The number of ether oxygens (including phenoxy) is 2. The minimum absolute atomic E-state index is 0.114. The molecule has 0 amide bonds. The predicted octanol–water partition coefficient (Wildman–Crippen LogP) is -4.46. The summed E-state index contributed by atoms with van der Waals surface area (Å²) in [6, 6.07) is 1.15. The molecule has 194 valence electrons. The van der Waals surface area contributed by atoms with Gasteiger partial charge in [-0.3, -0.25) is 9.13 Å². The average molecular weight is 507 g/mol. The van der Waals surface area contributed by atoms with E-state index in [4.69, 9.17) is 31.2 Å². The van der Waals surface area contributed by atoms with E-state index in [1.165, 1.54) is 0 Å². The number of aliphatic hydroxyl groups is 5. The summed E-state index contributed by atoms with van der Waals surface area (Å²) in [5, 5.41) is 46.2. The molecule has 35 heavy (non-hydrogen) atoms. The molecule has 0 spiro atoms. The third-order valence-corrected chi connectivity index (χ3v) is 5.20. The second-order valence-electron chi connectivity index (χ2n) is 7.50. The summed E-state index contributed by atoms with van der Waals surface area (Å²) in [6.07, 6.45) is -8.36. The topological polar surface area (TPSA) is 254 Å². The molecule has 0 unspecified atom stereocenters. The van der Waals surface area contributed by atoms with Gasteiger partial charge in [-0.05, 0) is 6.07 Å². The Labute approximate surface area is 193 Å². The van der Waals surface area contributed by atoms with Crippen LogP contribution in [0.25, 0.3) is 0 Å². The van der Waals surface area contributed by atoms with Gasteiger partial charge in [-0.15, -0.1) is 0 Å². The van der Waals surface area contributed by atoms with Gasteiger partial charge in [0.15, 0.2) is 12.3 Å². The Bertz CT molecular complexity index is 1150. The number of aromatic nitrogens is 5. The molecule has 2 fully saturated rings. The summed E-state index contributed by atoms with van der Waals surface area (Å²) in [7, 11) is 0. The van der Waals surface area contributed by atoms with Crippen LogP contribution in [0.2, 0.25) is 0 Å². The van der Waals surface area contributed by atoms with Gasteiger partial charge in [-0.2, -0.15) is 18.7 Å². The van der Waals surface area contributed by atoms with Gasteiger partial charge in [-0.25, -0.2) is 14.6 Å². The summed E-state index contributed by atoms with van der Waals surface area (Å²) in [4.78, 5) is 33.1. The fraction of sp³-hybridized carbons (Fsp3) is 0.588. The van der Waals surface area contributed by atoms with Crippen LogP contribution in [0.5, 0.6) is 0 Å². The summed E-state index contributed by atoms with van der Waals surface area (Å²) in [5.41, 5.74) is 8.67. The van der Waals surface area contributed by atoms with E-state index in [1.807, 2.05) is 0 Å². The average Bonchev–Trinajstić information content (AvgIpc) is 3.21. The van der Waals surface area contributed by atoms with Crippen LogP contribution in [0, 0.1) is 0 Å². The molecule has 2 aliphatic rings. The third kappa shape index (κ3) is 5.12. The quantitative estimate of drug-likeness (QED) is 0.206. The maximum Gasteiger partial charge on any atom is 0.354 e. The Kier molecular flexibility index (Phi) is 7.74. The number of nitrogen functional groups attached to an aromatic ring is 2. The summed E-state index contributed by atoms with van der Waals surface area (Å²) < 4.78 is 38.7. The first-order chi connectivity index (χ1) is 16.4. The van der Waals surface area contributed by atoms with Gasteiger partial charge in [-0.1, -0.05) is 0 Å². The SMILES string of the molecule is Nc1ccn([C@@H]2O[C@H](CO)[C@@H](O)C2(F)F)c(=O)n1.Nc1ncn([C@@H]2O[C@H](CO)[C@@H](O)[C@H]2O)c(=O)n1. The maximum absolute atomic E-state index is 13.7. The van der Waals surface area contributed by atoms with Crippen LogP contribution in [0.15, 0.2) is 28.2 Å². The third-order valence-electron chi connectivity index (χ3n) is 5.20. The molecule has 2 aliphatic heterocycles. The zero-order chi connectivity index (χ0) is 26.1. The van der Waals surface area contributed by atoms with E-state index in [-0.39, 0.29) is 11.8 Å². The number of halogens is 2. The van der Waals surface area contributed by atoms with Crippen LogP contribution >= 0.6 is 0 Å². The van der Waals surface area contributed by atoms with Crippen LogP contribution in [0.1, 0.15) is 12.5 Å². The zero-order valence-electron chi connectivity index (χ0n) is 17.7. The van der Waals surface area contributed by atoms with E-state index in [2.05, 4.69) is 15.0 Å². The minimum Gasteiger partial charge on any atom is -0.394 e. The van der Waals surface area contributed by atoms with Gasteiger partial charge in [0.2, 0.25) is 12.2 Å². The summed E-state index contributed by atoms with van der Waals surface area (Å²) >= 11 is 0. The molecular weight excluding hydrogens is 484 g/mol. The number of hydrogen-bond acceptors (Lipinski definition) is 14. The number of nitrogens with two attached hydrogens (primary N) is 2. The van der Waals surface area contributed by atoms with Gasteiger partial charge in [0.1, 0.15) is 36.6 Å². The van der Waals surface area contributed by atoms with E-state index >= 15 is 0 Å². The zero-order valence-corrected chi connectivity index (χ0v) is 17.7. The van der Waals surface area contributed by atoms with Crippen molar-refractivity contribution in [3.63, 3.8) is 0 Å². The highest BCUT2D eigenvalue weighted by Crippen LogP contribution is 2.41. The number of hydrogen-bond donors (Lipinski definition) is 7. The molecule has 16 nitrogen and oxygen atoms in total. The number of anilines is 2. The van der Waals surface area contributed by atoms with Crippen molar-refractivity contribution in [2.24, 2.45) is 0 Å². The standard InChI is InChI=1S/C9H11F2N3O4.C8H12N4O5/c10-9(11)6(16)4(3-15)18-7(9)14-2-1-5(12)13-8(14)17;9-7-10-2-12(8(16)11-7)6-5(15)4(14)3(1-13)17-6/h1-2,4,6-7,15-16H,3H2,(H2,12,13,17);2-6,13-15H,1H2,(H2,9,11,16)/t4-,6-,7-;3-,4-,5-,6-/m11/s1. The Hall–Kier alpha value is -3.13. The smallest absolute Gasteiger partial charge is 0.354 e. The van der Waals surface area contributed by atoms with Crippen molar-refractivity contribution < 1.29 is 43.8 Å². The van der Waals surface area contributed by atoms with E-state index in [0.717, 1.165) is 23.2 Å². The Balaban J connectivity index is 0.000000196. The van der Waals surface area contributed by atoms with Crippen LogP contribution in [0.4, 0.5) is 20.5 Å². The molecular formula is C17H23F2N7O9. The van der Waals surface area contributed by atoms with Crippen LogP contribution in [0.3, 0.4) is 0 Å². The Morgan fingerprint density at radius 3 is 2.11 bits per heavy atom. The van der Waals surface area contributed by atoms with Gasteiger partial charge < -0.3 is 46.5 Å². The van der Waals surface area contributed by atoms with Crippen LogP contribution in [-0.4, -0.2) is 99.3 Å². The van der Waals surface area contributed by atoms with Gasteiger partial charge >= 0.3 is 17.3 Å². The Morgan fingerprint density at radius 2 is 1.60 bits per heavy atom. The minimum atomic E-state index is -3.71. The molecule has 4 rings (SSSR count). The fourth-order valence-electron chi connectivity index (χ4n) is 3.36. The number of nitrogens with zero attached hydrogens (tertiary/aromatic N) is 5. The number of aliphatic hydroxyl groups excluding tert-OH is 5. The largest absolute Gasteiger partial charge is 0.394 e. The van der Waals surface area contributed by atoms with Crippen molar-refractivity contribution in [3.05, 3.63) is 39.6 Å². The molecule has 9 N–H and O–H groups in total. The van der Waals surface area contributed by atoms with E-state index < -0.39 is 73.5 Å². The highest BCUT2D eigenvalue weighted by Gasteiger charge is 2.59. The van der Waals surface area contributed by atoms with E-state index in [9.17, 15) is 33.7 Å². The fourth-order valence-corrected chi connectivity index (χ4v) is 3.36. The lowest BCUT2D eigenvalue weighted by atomic mass is 10.1. The molecule has 0 radical (unpaired) electrons. The monoisotopic (exact) mass is 507 g/mol. The molecule has 0 bridgehead atoms. The molecule has 2 aromatic rings. The normalized spacial score (nSPS) is 31.7. The van der Waals surface area contributed by atoms with Crippen molar-refractivity contribution in [2.45, 2.75) is 48.9 Å². The lowest BCUT2D eigenvalue weighted by molar-refractivity contribution is -0.140. The van der Waals surface area contributed by atoms with Crippen molar-refractivity contribution in [2.75, 3.05) is 24.7 Å². The molecule has 0 aliphatic carbocycles. The molecule has 18 heteroatoms. The second-order valence-corrected chi connectivity index (χ2v) is 7.50. The van der Waals surface area contributed by atoms with Gasteiger partial charge in [0.25, 0.3) is 0 Å². The summed E-state index contributed by atoms with van der Waals surface area (Å²) in [5.74, 6) is -4.02. The highest BCUT2D eigenvalue weighted by molar-refractivity contribution is 5.23. The van der Waals surface area contributed by atoms with Crippen molar-refractivity contribution in [1.29, 1.82) is 0 Å². The lowest BCUT2D eigenvalue weighted by Crippen LogP contribution is -2.41. The number of alkyl halides is 2. The maximum atomic E-state index is 13.7.